The highest BCUT2D eigenvalue weighted by Gasteiger charge is 2.14. The molecule has 1 aromatic heterocycles. The average molecular weight is 287 g/mol. The van der Waals surface area contributed by atoms with Crippen molar-refractivity contribution in [2.75, 3.05) is 6.26 Å². The molecule has 0 fully saturated rings. The second-order valence-electron chi connectivity index (χ2n) is 4.05. The molecular weight excluding hydrogens is 276 g/mol. The van der Waals surface area contributed by atoms with Gasteiger partial charge in [0.1, 0.15) is 5.75 Å². The van der Waals surface area contributed by atoms with Gasteiger partial charge in [0.2, 0.25) is 0 Å². The first-order chi connectivity index (χ1) is 8.35. The highest BCUT2D eigenvalue weighted by molar-refractivity contribution is 7.89. The van der Waals surface area contributed by atoms with E-state index in [1.54, 1.807) is 18.2 Å². The number of hydrogen-bond donors (Lipinski definition) is 0. The second kappa shape index (κ2) is 4.70. The van der Waals surface area contributed by atoms with Gasteiger partial charge in [-0.25, -0.2) is 8.42 Å². The van der Waals surface area contributed by atoms with Crippen molar-refractivity contribution in [2.45, 2.75) is 12.7 Å². The topological polar surface area (TPSA) is 73.1 Å². The minimum Gasteiger partial charge on any atom is -0.334 e. The minimum atomic E-state index is -3.17. The standard InChI is InChI=1S/C11H11ClN2O3S/c1-7-5-8(12)3-4-9(7)11-13-10(14-17-11)6-18(2,15)16/h3-5H,6H2,1-2H3. The van der Waals surface area contributed by atoms with Crippen LogP contribution in [0.1, 0.15) is 11.4 Å². The lowest BCUT2D eigenvalue weighted by molar-refractivity contribution is 0.424. The van der Waals surface area contributed by atoms with Crippen LogP contribution in [0.2, 0.25) is 5.02 Å². The Morgan fingerprint density at radius 1 is 1.39 bits per heavy atom. The molecule has 96 valence electrons. The van der Waals surface area contributed by atoms with Crippen molar-refractivity contribution in [3.05, 3.63) is 34.6 Å². The van der Waals surface area contributed by atoms with E-state index in [1.807, 2.05) is 6.92 Å². The van der Waals surface area contributed by atoms with Crippen LogP contribution in [0.25, 0.3) is 11.5 Å². The highest BCUT2D eigenvalue weighted by atomic mass is 35.5. The summed E-state index contributed by atoms with van der Waals surface area (Å²) in [6, 6.07) is 5.25. The number of nitrogens with zero attached hydrogens (tertiary/aromatic N) is 2. The second-order valence-corrected chi connectivity index (χ2v) is 6.62. The van der Waals surface area contributed by atoms with Crippen LogP contribution in [0, 0.1) is 6.92 Å². The molecule has 2 rings (SSSR count). The van der Waals surface area contributed by atoms with Crippen LogP contribution in [0.5, 0.6) is 0 Å². The Bertz CT molecular complexity index is 679. The van der Waals surface area contributed by atoms with Gasteiger partial charge in [0.15, 0.2) is 15.7 Å². The lowest BCUT2D eigenvalue weighted by atomic mass is 10.1. The van der Waals surface area contributed by atoms with E-state index in [0.717, 1.165) is 17.4 Å². The molecule has 1 heterocycles. The Hall–Kier alpha value is -1.40. The number of benzene rings is 1. The van der Waals surface area contributed by atoms with Crippen LogP contribution in [0.15, 0.2) is 22.7 Å². The Morgan fingerprint density at radius 2 is 2.11 bits per heavy atom. The van der Waals surface area contributed by atoms with Crippen molar-refractivity contribution in [1.82, 2.24) is 10.1 Å². The molecule has 0 aliphatic heterocycles. The lowest BCUT2D eigenvalue weighted by Gasteiger charge is -2.00. The van der Waals surface area contributed by atoms with E-state index < -0.39 is 9.84 Å². The summed E-state index contributed by atoms with van der Waals surface area (Å²) in [6.07, 6.45) is 1.12. The van der Waals surface area contributed by atoms with Crippen molar-refractivity contribution < 1.29 is 12.9 Å². The fourth-order valence-corrected chi connectivity index (χ4v) is 2.34. The van der Waals surface area contributed by atoms with Gasteiger partial charge in [-0.3, -0.25) is 0 Å². The maximum atomic E-state index is 11.1. The number of aromatic nitrogens is 2. The molecule has 5 nitrogen and oxygen atoms in total. The zero-order valence-electron chi connectivity index (χ0n) is 9.84. The molecule has 18 heavy (non-hydrogen) atoms. The molecule has 0 radical (unpaired) electrons. The van der Waals surface area contributed by atoms with E-state index in [0.29, 0.717) is 10.9 Å². The Morgan fingerprint density at radius 3 is 2.72 bits per heavy atom. The van der Waals surface area contributed by atoms with Gasteiger partial charge in [-0.1, -0.05) is 16.8 Å². The zero-order valence-corrected chi connectivity index (χ0v) is 11.4. The van der Waals surface area contributed by atoms with Gasteiger partial charge in [0.05, 0.1) is 0 Å². The molecule has 0 bridgehead atoms. The third-order valence-corrected chi connectivity index (χ3v) is 3.30. The van der Waals surface area contributed by atoms with Crippen LogP contribution in [-0.4, -0.2) is 24.8 Å². The molecule has 1 aromatic carbocycles. The average Bonchev–Trinajstić information content (AvgIpc) is 2.63. The van der Waals surface area contributed by atoms with Crippen molar-refractivity contribution >= 4 is 21.4 Å². The fourth-order valence-electron chi connectivity index (χ4n) is 1.52. The van der Waals surface area contributed by atoms with Gasteiger partial charge in [-0.05, 0) is 30.7 Å². The molecule has 0 unspecified atom stereocenters. The van der Waals surface area contributed by atoms with Crippen molar-refractivity contribution in [3.8, 4) is 11.5 Å². The molecule has 0 N–H and O–H groups in total. The molecule has 0 spiro atoms. The number of rotatable bonds is 3. The van der Waals surface area contributed by atoms with E-state index in [-0.39, 0.29) is 11.6 Å². The summed E-state index contributed by atoms with van der Waals surface area (Å²) in [4.78, 5) is 4.06. The van der Waals surface area contributed by atoms with Gasteiger partial charge >= 0.3 is 0 Å². The van der Waals surface area contributed by atoms with E-state index >= 15 is 0 Å². The van der Waals surface area contributed by atoms with Gasteiger partial charge < -0.3 is 4.52 Å². The summed E-state index contributed by atoms with van der Waals surface area (Å²) in [5, 5.41) is 4.26. The molecule has 0 aliphatic carbocycles. The van der Waals surface area contributed by atoms with Crippen molar-refractivity contribution in [3.63, 3.8) is 0 Å². The van der Waals surface area contributed by atoms with E-state index in [1.165, 1.54) is 0 Å². The molecule has 0 amide bonds. The third-order valence-electron chi connectivity index (χ3n) is 2.28. The quantitative estimate of drug-likeness (QED) is 0.865. The predicted molar refractivity (Wildman–Crippen MR) is 68.0 cm³/mol. The summed E-state index contributed by atoms with van der Waals surface area (Å²) in [7, 11) is -3.17. The maximum Gasteiger partial charge on any atom is 0.258 e. The molecular formula is C11H11ClN2O3S. The van der Waals surface area contributed by atoms with Gasteiger partial charge in [-0.2, -0.15) is 4.98 Å². The van der Waals surface area contributed by atoms with Crippen LogP contribution >= 0.6 is 11.6 Å². The molecule has 0 saturated heterocycles. The van der Waals surface area contributed by atoms with Gasteiger partial charge in [-0.15, -0.1) is 0 Å². The molecule has 0 saturated carbocycles. The molecule has 2 aromatic rings. The van der Waals surface area contributed by atoms with Gasteiger partial charge in [0.25, 0.3) is 5.89 Å². The summed E-state index contributed by atoms with van der Waals surface area (Å²) in [6.45, 7) is 1.86. The van der Waals surface area contributed by atoms with Crippen molar-refractivity contribution in [1.29, 1.82) is 0 Å². The first kappa shape index (κ1) is 13.0. The fraction of sp³-hybridized carbons (Fsp3) is 0.273. The molecule has 0 aliphatic rings. The number of aryl methyl sites for hydroxylation is 1. The van der Waals surface area contributed by atoms with E-state index in [4.69, 9.17) is 16.1 Å². The van der Waals surface area contributed by atoms with E-state index in [9.17, 15) is 8.42 Å². The predicted octanol–water partition coefficient (Wildman–Crippen LogP) is 2.24. The lowest BCUT2D eigenvalue weighted by Crippen LogP contribution is -2.02. The first-order valence-corrected chi connectivity index (χ1v) is 7.56. The number of halogens is 1. The van der Waals surface area contributed by atoms with Gasteiger partial charge in [0, 0.05) is 16.8 Å². The zero-order chi connectivity index (χ0) is 13.3. The normalized spacial score (nSPS) is 11.7. The largest absolute Gasteiger partial charge is 0.334 e. The van der Waals surface area contributed by atoms with E-state index in [2.05, 4.69) is 10.1 Å². The summed E-state index contributed by atoms with van der Waals surface area (Å²) in [5.41, 5.74) is 1.63. The number of hydrogen-bond acceptors (Lipinski definition) is 5. The van der Waals surface area contributed by atoms with Crippen LogP contribution in [0.3, 0.4) is 0 Å². The first-order valence-electron chi connectivity index (χ1n) is 5.12. The molecule has 0 atom stereocenters. The van der Waals surface area contributed by atoms with Crippen LogP contribution < -0.4 is 0 Å². The Labute approximate surface area is 110 Å². The number of sulfone groups is 1. The summed E-state index contributed by atoms with van der Waals surface area (Å²) in [5.74, 6) is 0.216. The maximum absolute atomic E-state index is 11.1. The Balaban J connectivity index is 2.35. The summed E-state index contributed by atoms with van der Waals surface area (Å²) >= 11 is 5.85. The SMILES string of the molecule is Cc1cc(Cl)ccc1-c1nc(CS(C)(=O)=O)no1. The van der Waals surface area contributed by atoms with Crippen LogP contribution in [-0.2, 0) is 15.6 Å². The molecule has 7 heteroatoms. The Kier molecular flexibility index (Phi) is 3.41. The van der Waals surface area contributed by atoms with Crippen LogP contribution in [0.4, 0.5) is 0 Å². The summed E-state index contributed by atoms with van der Waals surface area (Å²) < 4.78 is 27.3. The minimum absolute atomic E-state index is 0.154. The van der Waals surface area contributed by atoms with Crippen molar-refractivity contribution in [2.24, 2.45) is 0 Å². The smallest absolute Gasteiger partial charge is 0.258 e. The monoisotopic (exact) mass is 286 g/mol. The highest BCUT2D eigenvalue weighted by Crippen LogP contribution is 2.24. The third kappa shape index (κ3) is 3.08.